The molecule has 158 valence electrons. The number of hydrogen-bond donors (Lipinski definition) is 2. The predicted octanol–water partition coefficient (Wildman–Crippen LogP) is 3.62. The van der Waals surface area contributed by atoms with Gasteiger partial charge in [-0.25, -0.2) is 4.98 Å². The van der Waals surface area contributed by atoms with Crippen LogP contribution in [0.4, 0.5) is 5.82 Å². The van der Waals surface area contributed by atoms with Crippen LogP contribution in [0.25, 0.3) is 10.8 Å². The highest BCUT2D eigenvalue weighted by Crippen LogP contribution is 2.28. The van der Waals surface area contributed by atoms with Gasteiger partial charge in [0.2, 0.25) is 0 Å². The molecule has 0 aliphatic heterocycles. The number of nitrogens with two attached hydrogens (primary N) is 1. The van der Waals surface area contributed by atoms with Gasteiger partial charge in [-0.2, -0.15) is 5.10 Å². The van der Waals surface area contributed by atoms with E-state index in [1.165, 1.54) is 0 Å². The molecule has 2 heterocycles. The number of carbonyl (C=O) groups is 1. The van der Waals surface area contributed by atoms with Crippen LogP contribution in [0.1, 0.15) is 32.6 Å². The van der Waals surface area contributed by atoms with Crippen molar-refractivity contribution in [2.45, 2.75) is 26.9 Å². The first-order chi connectivity index (χ1) is 15.0. The van der Waals surface area contributed by atoms with Gasteiger partial charge in [-0.15, -0.1) is 0 Å². The lowest BCUT2D eigenvalue weighted by Gasteiger charge is -2.14. The fraction of sp³-hybridized carbons (Fsp3) is 0.208. The Morgan fingerprint density at radius 3 is 2.81 bits per heavy atom. The van der Waals surface area contributed by atoms with Crippen LogP contribution in [0, 0.1) is 13.8 Å². The van der Waals surface area contributed by atoms with E-state index in [1.807, 2.05) is 50.2 Å². The van der Waals surface area contributed by atoms with E-state index in [2.05, 4.69) is 15.4 Å². The molecular weight excluding hydrogens is 390 g/mol. The smallest absolute Gasteiger partial charge is 0.254 e. The van der Waals surface area contributed by atoms with Gasteiger partial charge < -0.3 is 15.8 Å². The minimum absolute atomic E-state index is 0.167. The first-order valence-corrected chi connectivity index (χ1v) is 10.0. The fourth-order valence-corrected chi connectivity index (χ4v) is 3.85. The molecule has 1 amide bonds. The zero-order valence-corrected chi connectivity index (χ0v) is 17.8. The fourth-order valence-electron chi connectivity index (χ4n) is 3.85. The number of anilines is 1. The van der Waals surface area contributed by atoms with Crippen LogP contribution in [-0.4, -0.2) is 27.8 Å². The van der Waals surface area contributed by atoms with Gasteiger partial charge in [0.15, 0.2) is 0 Å². The lowest BCUT2D eigenvalue weighted by atomic mass is 9.96. The van der Waals surface area contributed by atoms with Gasteiger partial charge in [0, 0.05) is 29.9 Å². The Labute approximate surface area is 180 Å². The summed E-state index contributed by atoms with van der Waals surface area (Å²) < 4.78 is 7.12. The minimum atomic E-state index is -0.167. The third-order valence-electron chi connectivity index (χ3n) is 5.56. The number of pyridine rings is 1. The van der Waals surface area contributed by atoms with Crippen molar-refractivity contribution in [3.63, 3.8) is 0 Å². The number of nitrogens with zero attached hydrogens (tertiary/aromatic N) is 3. The number of benzene rings is 2. The third kappa shape index (κ3) is 4.07. The molecule has 0 unspecified atom stereocenters. The summed E-state index contributed by atoms with van der Waals surface area (Å²) in [6, 6.07) is 11.7. The average molecular weight is 415 g/mol. The van der Waals surface area contributed by atoms with Gasteiger partial charge in [0.05, 0.1) is 25.4 Å². The second-order valence-electron chi connectivity index (χ2n) is 7.51. The van der Waals surface area contributed by atoms with Gasteiger partial charge in [0.1, 0.15) is 11.6 Å². The molecule has 3 N–H and O–H groups in total. The number of methoxy groups -OCH3 is 1. The summed E-state index contributed by atoms with van der Waals surface area (Å²) in [5.74, 6) is 1.14. The van der Waals surface area contributed by atoms with Gasteiger partial charge in [-0.3, -0.25) is 9.48 Å². The van der Waals surface area contributed by atoms with Crippen LogP contribution in [0.5, 0.6) is 5.75 Å². The molecule has 2 aromatic carbocycles. The molecule has 0 radical (unpaired) electrons. The molecule has 0 aliphatic rings. The molecule has 0 spiro atoms. The number of rotatable bonds is 6. The topological polar surface area (TPSA) is 95.1 Å². The van der Waals surface area contributed by atoms with E-state index in [-0.39, 0.29) is 5.91 Å². The van der Waals surface area contributed by atoms with E-state index < -0.39 is 0 Å². The zero-order chi connectivity index (χ0) is 22.0. The molecule has 0 bridgehead atoms. The lowest BCUT2D eigenvalue weighted by molar-refractivity contribution is 0.0950. The predicted molar refractivity (Wildman–Crippen MR) is 121 cm³/mol. The van der Waals surface area contributed by atoms with Crippen molar-refractivity contribution in [3.05, 3.63) is 82.8 Å². The highest BCUT2D eigenvalue weighted by molar-refractivity contribution is 5.95. The standard InChI is InChI=1S/C24H25N5O2/c1-15-10-20-19(8-9-26-23(20)25)16(2)21(15)12-27-24(30)18-11-28-29(14-18)13-17-6-4-5-7-22(17)31-3/h4-11,14H,12-13H2,1-3H3,(H2,25,26)(H,27,30). The van der Waals surface area contributed by atoms with Crippen molar-refractivity contribution in [1.82, 2.24) is 20.1 Å². The van der Waals surface area contributed by atoms with Crippen molar-refractivity contribution in [1.29, 1.82) is 0 Å². The number of fused-ring (bicyclic) bond motifs is 1. The van der Waals surface area contributed by atoms with Crippen molar-refractivity contribution in [2.75, 3.05) is 12.8 Å². The van der Waals surface area contributed by atoms with E-state index >= 15 is 0 Å². The second-order valence-corrected chi connectivity index (χ2v) is 7.51. The maximum Gasteiger partial charge on any atom is 0.254 e. The Bertz CT molecular complexity index is 1260. The first-order valence-electron chi connectivity index (χ1n) is 10.0. The molecule has 0 saturated heterocycles. The lowest BCUT2D eigenvalue weighted by Crippen LogP contribution is -2.23. The Hall–Kier alpha value is -3.87. The molecule has 0 aliphatic carbocycles. The summed E-state index contributed by atoms with van der Waals surface area (Å²) in [6.45, 7) is 5.01. The summed E-state index contributed by atoms with van der Waals surface area (Å²) in [7, 11) is 1.64. The molecule has 0 fully saturated rings. The highest BCUT2D eigenvalue weighted by Gasteiger charge is 2.14. The van der Waals surface area contributed by atoms with Gasteiger partial charge >= 0.3 is 0 Å². The van der Waals surface area contributed by atoms with Gasteiger partial charge in [-0.1, -0.05) is 18.2 Å². The number of carbonyl (C=O) groups excluding carboxylic acids is 1. The monoisotopic (exact) mass is 415 g/mol. The molecule has 0 atom stereocenters. The SMILES string of the molecule is COc1ccccc1Cn1cc(C(=O)NCc2c(C)cc3c(N)nccc3c2C)cn1. The quantitative estimate of drug-likeness (QED) is 0.502. The van der Waals surface area contributed by atoms with Crippen LogP contribution in [0.3, 0.4) is 0 Å². The van der Waals surface area contributed by atoms with E-state index in [1.54, 1.807) is 30.4 Å². The Morgan fingerprint density at radius 2 is 2.00 bits per heavy atom. The van der Waals surface area contributed by atoms with Crippen molar-refractivity contribution < 1.29 is 9.53 Å². The van der Waals surface area contributed by atoms with Crippen LogP contribution >= 0.6 is 0 Å². The molecule has 7 heteroatoms. The molecule has 0 saturated carbocycles. The number of amides is 1. The van der Waals surface area contributed by atoms with Gasteiger partial charge in [-0.05, 0) is 54.1 Å². The van der Waals surface area contributed by atoms with Crippen LogP contribution in [0.2, 0.25) is 0 Å². The average Bonchev–Trinajstić information content (AvgIpc) is 3.23. The second kappa shape index (κ2) is 8.47. The number of hydrogen-bond acceptors (Lipinski definition) is 5. The third-order valence-corrected chi connectivity index (χ3v) is 5.56. The largest absolute Gasteiger partial charge is 0.496 e. The maximum absolute atomic E-state index is 12.7. The minimum Gasteiger partial charge on any atom is -0.496 e. The van der Waals surface area contributed by atoms with Crippen LogP contribution in [0.15, 0.2) is 55.0 Å². The van der Waals surface area contributed by atoms with E-state index in [4.69, 9.17) is 10.5 Å². The molecule has 4 aromatic rings. The van der Waals surface area contributed by atoms with Crippen LogP contribution < -0.4 is 15.8 Å². The van der Waals surface area contributed by atoms with E-state index in [0.29, 0.717) is 24.5 Å². The molecule has 7 nitrogen and oxygen atoms in total. The Morgan fingerprint density at radius 1 is 1.19 bits per heavy atom. The van der Waals surface area contributed by atoms with Gasteiger partial charge in [0.25, 0.3) is 5.91 Å². The molecule has 2 aromatic heterocycles. The maximum atomic E-state index is 12.7. The van der Waals surface area contributed by atoms with E-state index in [9.17, 15) is 4.79 Å². The summed E-state index contributed by atoms with van der Waals surface area (Å²) in [6.07, 6.45) is 5.03. The van der Waals surface area contributed by atoms with Crippen LogP contribution in [-0.2, 0) is 13.1 Å². The number of aromatic nitrogens is 3. The number of ether oxygens (including phenoxy) is 1. The zero-order valence-electron chi connectivity index (χ0n) is 17.8. The van der Waals surface area contributed by atoms with Crippen molar-refractivity contribution in [2.24, 2.45) is 0 Å². The summed E-state index contributed by atoms with van der Waals surface area (Å²) in [5, 5.41) is 9.32. The van der Waals surface area contributed by atoms with Crippen molar-refractivity contribution in [3.8, 4) is 5.75 Å². The molecule has 31 heavy (non-hydrogen) atoms. The molecular formula is C24H25N5O2. The summed E-state index contributed by atoms with van der Waals surface area (Å²) in [4.78, 5) is 16.9. The number of nitrogens with one attached hydrogen (secondary N) is 1. The number of para-hydroxylation sites is 1. The normalized spacial score (nSPS) is 10.9. The van der Waals surface area contributed by atoms with Crippen molar-refractivity contribution >= 4 is 22.5 Å². The van der Waals surface area contributed by atoms with E-state index in [0.717, 1.165) is 38.8 Å². The number of nitrogen functional groups attached to an aromatic ring is 1. The molecule has 4 rings (SSSR count). The summed E-state index contributed by atoms with van der Waals surface area (Å²) >= 11 is 0. The Kier molecular flexibility index (Phi) is 5.58. The first kappa shape index (κ1) is 20.4. The number of aryl methyl sites for hydroxylation is 2. The summed E-state index contributed by atoms with van der Waals surface area (Å²) in [5.41, 5.74) is 10.8. The Balaban J connectivity index is 1.49. The highest BCUT2D eigenvalue weighted by atomic mass is 16.5.